The number of carbonyl (C=O) groups excluding carboxylic acids is 1. The van der Waals surface area contributed by atoms with Crippen molar-refractivity contribution in [1.82, 2.24) is 0 Å². The van der Waals surface area contributed by atoms with Crippen molar-refractivity contribution in [3.63, 3.8) is 0 Å². The summed E-state index contributed by atoms with van der Waals surface area (Å²) >= 11 is 1.70. The third-order valence-corrected chi connectivity index (χ3v) is 5.29. The minimum absolute atomic E-state index is 0.0420. The van der Waals surface area contributed by atoms with Crippen molar-refractivity contribution in [1.29, 1.82) is 0 Å². The Bertz CT molecular complexity index is 788. The number of Topliss-reactive ketones (excluding diaryl/α,β-unsaturated/α-hetero) is 1. The van der Waals surface area contributed by atoms with Gasteiger partial charge in [-0.3, -0.25) is 9.79 Å². The third-order valence-electron chi connectivity index (χ3n) is 4.18. The summed E-state index contributed by atoms with van der Waals surface area (Å²) in [6.45, 7) is 3.63. The zero-order chi connectivity index (χ0) is 19.1. The number of methoxy groups -OCH3 is 1. The molecule has 0 saturated carbocycles. The van der Waals surface area contributed by atoms with E-state index in [4.69, 9.17) is 9.47 Å². The molecule has 1 heterocycles. The largest absolute Gasteiger partial charge is 0.497 e. The molecule has 0 N–H and O–H groups in total. The molecule has 5 nitrogen and oxygen atoms in total. The van der Waals surface area contributed by atoms with Gasteiger partial charge in [0.2, 0.25) is 0 Å². The third kappa shape index (κ3) is 5.04. The van der Waals surface area contributed by atoms with Gasteiger partial charge in [-0.1, -0.05) is 11.8 Å². The van der Waals surface area contributed by atoms with E-state index in [0.717, 1.165) is 41.1 Å². The Hall–Kier alpha value is -2.47. The first-order valence-electron chi connectivity index (χ1n) is 9.06. The molecule has 6 heteroatoms. The van der Waals surface area contributed by atoms with Crippen molar-refractivity contribution in [3.05, 3.63) is 54.1 Å². The number of rotatable bonds is 7. The zero-order valence-corrected chi connectivity index (χ0v) is 16.5. The smallest absolute Gasteiger partial charge is 0.182 e. The molecule has 27 heavy (non-hydrogen) atoms. The number of benzene rings is 2. The van der Waals surface area contributed by atoms with Crippen LogP contribution in [0, 0.1) is 0 Å². The van der Waals surface area contributed by atoms with Crippen LogP contribution in [-0.2, 0) is 0 Å². The highest BCUT2D eigenvalue weighted by molar-refractivity contribution is 8.14. The molecule has 0 spiro atoms. The van der Waals surface area contributed by atoms with Crippen molar-refractivity contribution < 1.29 is 14.3 Å². The van der Waals surface area contributed by atoms with Crippen LogP contribution in [0.5, 0.6) is 11.5 Å². The van der Waals surface area contributed by atoms with Crippen LogP contribution >= 0.6 is 11.8 Å². The van der Waals surface area contributed by atoms with Crippen LogP contribution in [0.15, 0.2) is 53.5 Å². The summed E-state index contributed by atoms with van der Waals surface area (Å²) in [6, 6.07) is 15.0. The van der Waals surface area contributed by atoms with Gasteiger partial charge in [-0.25, -0.2) is 0 Å². The van der Waals surface area contributed by atoms with Crippen LogP contribution in [0.3, 0.4) is 0 Å². The highest BCUT2D eigenvalue weighted by Crippen LogP contribution is 2.25. The molecular formula is C21H24N2O3S. The molecule has 0 fully saturated rings. The van der Waals surface area contributed by atoms with Gasteiger partial charge in [0.05, 0.1) is 20.3 Å². The fourth-order valence-corrected chi connectivity index (χ4v) is 3.75. The van der Waals surface area contributed by atoms with E-state index in [-0.39, 0.29) is 12.3 Å². The highest BCUT2D eigenvalue weighted by atomic mass is 32.2. The normalized spacial score (nSPS) is 13.6. The molecule has 0 aliphatic carbocycles. The Morgan fingerprint density at radius 1 is 1.11 bits per heavy atom. The molecule has 1 aliphatic heterocycles. The van der Waals surface area contributed by atoms with E-state index in [1.54, 1.807) is 43.1 Å². The summed E-state index contributed by atoms with van der Waals surface area (Å²) in [5.74, 6) is 2.62. The molecule has 0 amide bonds. The summed E-state index contributed by atoms with van der Waals surface area (Å²) in [6.07, 6.45) is 1.07. The summed E-state index contributed by atoms with van der Waals surface area (Å²) in [4.78, 5) is 19.5. The van der Waals surface area contributed by atoms with Crippen LogP contribution in [0.2, 0.25) is 0 Å². The molecule has 0 radical (unpaired) electrons. The second kappa shape index (κ2) is 9.46. The topological polar surface area (TPSA) is 51.1 Å². The predicted octanol–water partition coefficient (Wildman–Crippen LogP) is 4.28. The predicted molar refractivity (Wildman–Crippen MR) is 112 cm³/mol. The maximum atomic E-state index is 12.9. The summed E-state index contributed by atoms with van der Waals surface area (Å²) in [5.41, 5.74) is 1.60. The molecule has 142 valence electrons. The van der Waals surface area contributed by atoms with E-state index in [1.807, 2.05) is 36.1 Å². The second-order valence-corrected chi connectivity index (χ2v) is 7.09. The number of anilines is 1. The van der Waals surface area contributed by atoms with E-state index in [9.17, 15) is 4.79 Å². The molecule has 0 saturated heterocycles. The lowest BCUT2D eigenvalue weighted by molar-refractivity contribution is 0.100. The van der Waals surface area contributed by atoms with Gasteiger partial charge < -0.3 is 14.4 Å². The van der Waals surface area contributed by atoms with Gasteiger partial charge in [-0.05, 0) is 61.9 Å². The Kier molecular flexibility index (Phi) is 6.76. The Labute approximate surface area is 164 Å². The lowest BCUT2D eigenvalue weighted by Crippen LogP contribution is -2.35. The Morgan fingerprint density at radius 3 is 2.41 bits per heavy atom. The average molecular weight is 385 g/mol. The van der Waals surface area contributed by atoms with Crippen molar-refractivity contribution in [2.75, 3.05) is 37.5 Å². The Morgan fingerprint density at radius 2 is 1.81 bits per heavy atom. The number of thioether (sulfide) groups is 1. The number of nitrogens with zero attached hydrogens (tertiary/aromatic N) is 2. The number of hydrogen-bond donors (Lipinski definition) is 0. The first-order chi connectivity index (χ1) is 13.2. The number of amidine groups is 1. The van der Waals surface area contributed by atoms with Crippen molar-refractivity contribution in [3.8, 4) is 11.5 Å². The molecular weight excluding hydrogens is 360 g/mol. The highest BCUT2D eigenvalue weighted by Gasteiger charge is 2.20. The van der Waals surface area contributed by atoms with Crippen LogP contribution in [0.25, 0.3) is 0 Å². The minimum atomic E-state index is 0.0420. The fraction of sp³-hybridized carbons (Fsp3) is 0.333. The number of ketones is 1. The van der Waals surface area contributed by atoms with Gasteiger partial charge in [0.15, 0.2) is 11.0 Å². The van der Waals surface area contributed by atoms with E-state index in [1.165, 1.54) is 0 Å². The number of ether oxygens (including phenoxy) is 2. The van der Waals surface area contributed by atoms with Crippen molar-refractivity contribution >= 4 is 28.4 Å². The van der Waals surface area contributed by atoms with Crippen molar-refractivity contribution in [2.45, 2.75) is 13.3 Å². The van der Waals surface area contributed by atoms with E-state index in [2.05, 4.69) is 4.99 Å². The van der Waals surface area contributed by atoms with Gasteiger partial charge in [-0.2, -0.15) is 0 Å². The molecule has 0 aromatic heterocycles. The average Bonchev–Trinajstić information content (AvgIpc) is 2.73. The van der Waals surface area contributed by atoms with Crippen LogP contribution in [0.1, 0.15) is 23.7 Å². The molecule has 2 aromatic carbocycles. The van der Waals surface area contributed by atoms with Crippen LogP contribution in [-0.4, -0.2) is 43.5 Å². The minimum Gasteiger partial charge on any atom is -0.497 e. The molecule has 1 aliphatic rings. The Balaban J connectivity index is 1.82. The quantitative estimate of drug-likeness (QED) is 0.667. The first kappa shape index (κ1) is 19.3. The van der Waals surface area contributed by atoms with Gasteiger partial charge in [0.1, 0.15) is 11.5 Å². The lowest BCUT2D eigenvalue weighted by Gasteiger charge is -2.27. The summed E-state index contributed by atoms with van der Waals surface area (Å²) in [7, 11) is 1.61. The zero-order valence-electron chi connectivity index (χ0n) is 15.7. The summed E-state index contributed by atoms with van der Waals surface area (Å²) < 4.78 is 10.7. The SMILES string of the molecule is CCOc1ccc(N(CC(=O)c2ccc(OC)cc2)C2=NCCCS2)cc1. The lowest BCUT2D eigenvalue weighted by atomic mass is 10.1. The van der Waals surface area contributed by atoms with E-state index in [0.29, 0.717) is 12.2 Å². The van der Waals surface area contributed by atoms with E-state index >= 15 is 0 Å². The van der Waals surface area contributed by atoms with Gasteiger partial charge >= 0.3 is 0 Å². The number of aliphatic imine (C=N–C) groups is 1. The first-order valence-corrected chi connectivity index (χ1v) is 10.0. The maximum Gasteiger partial charge on any atom is 0.182 e. The molecule has 0 atom stereocenters. The maximum absolute atomic E-state index is 12.9. The monoisotopic (exact) mass is 384 g/mol. The van der Waals surface area contributed by atoms with E-state index < -0.39 is 0 Å². The van der Waals surface area contributed by atoms with Crippen molar-refractivity contribution in [2.24, 2.45) is 4.99 Å². The fourth-order valence-electron chi connectivity index (χ4n) is 2.78. The molecule has 2 aromatic rings. The molecule has 0 bridgehead atoms. The van der Waals surface area contributed by atoms with Crippen LogP contribution < -0.4 is 14.4 Å². The number of hydrogen-bond acceptors (Lipinski definition) is 6. The number of carbonyl (C=O) groups is 1. The molecule has 0 unspecified atom stereocenters. The van der Waals surface area contributed by atoms with Gasteiger partial charge in [0.25, 0.3) is 0 Å². The summed E-state index contributed by atoms with van der Waals surface area (Å²) in [5, 5.41) is 0.896. The second-order valence-electron chi connectivity index (χ2n) is 6.03. The van der Waals surface area contributed by atoms with Gasteiger partial charge in [-0.15, -0.1) is 0 Å². The standard InChI is InChI=1S/C21H24N2O3S/c1-3-26-19-11-7-17(8-12-19)23(21-22-13-4-14-27-21)15-20(24)16-5-9-18(25-2)10-6-16/h5-12H,3-4,13-15H2,1-2H3. The molecule has 3 rings (SSSR count). The van der Waals surface area contributed by atoms with Gasteiger partial charge in [0, 0.05) is 23.5 Å². The van der Waals surface area contributed by atoms with Crippen LogP contribution in [0.4, 0.5) is 5.69 Å².